The number of rotatable bonds is 0. The third-order valence-electron chi connectivity index (χ3n) is 10.6. The minimum atomic E-state index is 0.764. The molecule has 0 bridgehead atoms. The van der Waals surface area contributed by atoms with Gasteiger partial charge in [0.2, 0.25) is 5.78 Å². The number of hydrogen-bond donors (Lipinski definition) is 0. The predicted octanol–water partition coefficient (Wildman–Crippen LogP) is 7.26. The van der Waals surface area contributed by atoms with E-state index in [2.05, 4.69) is 70.1 Å². The highest BCUT2D eigenvalue weighted by Gasteiger charge is 2.00. The second-order valence-corrected chi connectivity index (χ2v) is 15.4. The van der Waals surface area contributed by atoms with Crippen LogP contribution in [-0.4, -0.2) is 101 Å². The van der Waals surface area contributed by atoms with Gasteiger partial charge in [-0.15, -0.1) is 0 Å². The van der Waals surface area contributed by atoms with E-state index in [1.54, 1.807) is 90.1 Å². The largest absolute Gasteiger partial charge is 0.301 e. The fourth-order valence-corrected chi connectivity index (χ4v) is 6.78. The zero-order valence-electron chi connectivity index (χ0n) is 39.6. The van der Waals surface area contributed by atoms with E-state index in [4.69, 9.17) is 0 Å². The van der Waals surface area contributed by atoms with Crippen LogP contribution in [0.5, 0.6) is 0 Å². The summed E-state index contributed by atoms with van der Waals surface area (Å²) < 4.78 is 13.1. The molecule has 0 aromatic carbocycles. The Morgan fingerprint density at radius 1 is 0.371 bits per heavy atom. The van der Waals surface area contributed by atoms with Crippen LogP contribution in [0.15, 0.2) is 173 Å². The molecule has 14 aromatic rings. The van der Waals surface area contributed by atoms with Crippen LogP contribution < -0.4 is 0 Å². The Morgan fingerprint density at radius 3 is 1.80 bits per heavy atom. The maximum atomic E-state index is 4.12. The van der Waals surface area contributed by atoms with E-state index in [9.17, 15) is 0 Å². The first-order valence-electron chi connectivity index (χ1n) is 21.8. The predicted molar refractivity (Wildman–Crippen MR) is 264 cm³/mol. The molecule has 0 aliphatic carbocycles. The van der Waals surface area contributed by atoms with Gasteiger partial charge in [-0.25, -0.2) is 58.4 Å². The molecule has 0 aliphatic heterocycles. The van der Waals surface area contributed by atoms with Crippen molar-refractivity contribution >= 4 is 39.0 Å². The molecule has 0 saturated heterocycles. The molecule has 21 nitrogen and oxygen atoms in total. The van der Waals surface area contributed by atoms with Crippen LogP contribution in [0.25, 0.3) is 39.0 Å². The molecule has 0 unspecified atom stereocenters. The Bertz CT molecular complexity index is 3160. The minimum absolute atomic E-state index is 0.764. The Kier molecular flexibility index (Phi) is 14.9. The summed E-state index contributed by atoms with van der Waals surface area (Å²) in [6.07, 6.45) is 39.4. The van der Waals surface area contributed by atoms with Gasteiger partial charge in [0.1, 0.15) is 37.0 Å². The Balaban J connectivity index is 0.000000110. The molecule has 0 radical (unpaired) electrons. The Labute approximate surface area is 400 Å². The van der Waals surface area contributed by atoms with Crippen molar-refractivity contribution in [2.45, 2.75) is 48.5 Å². The number of fused-ring (bicyclic) bond motifs is 7. The molecule has 0 saturated carbocycles. The molecule has 0 N–H and O–H groups in total. The van der Waals surface area contributed by atoms with Crippen LogP contribution in [0, 0.1) is 48.5 Å². The van der Waals surface area contributed by atoms with Crippen molar-refractivity contribution in [2.24, 2.45) is 0 Å². The van der Waals surface area contributed by atoms with Crippen LogP contribution in [0.2, 0.25) is 0 Å². The number of nitrogens with zero attached hydrogens (tertiary/aromatic N) is 21. The van der Waals surface area contributed by atoms with Crippen molar-refractivity contribution in [3.05, 3.63) is 213 Å². The fourth-order valence-electron chi connectivity index (χ4n) is 6.78. The SMILES string of the molecule is Cc1cnc2ncccn12.Cc1cnn2ccncc12.Cc1cnn2cnccc12.Cc1ncc2cnccn12.Cc1ncc2ncccn12.Cc1ncn2cnccc12.Cc1ncn2ncccc12. The number of imidazole rings is 5. The molecule has 0 aliphatic rings. The van der Waals surface area contributed by atoms with Crippen LogP contribution >= 0.6 is 0 Å². The molecular formula is C49H49N21. The van der Waals surface area contributed by atoms with Crippen LogP contribution in [0.4, 0.5) is 0 Å². The molecule has 21 heteroatoms. The zero-order chi connectivity index (χ0) is 48.8. The van der Waals surface area contributed by atoms with Gasteiger partial charge in [-0.3, -0.25) is 23.2 Å². The first-order chi connectivity index (χ1) is 34.1. The fraction of sp³-hybridized carbons (Fsp3) is 0.143. The zero-order valence-corrected chi connectivity index (χ0v) is 39.6. The van der Waals surface area contributed by atoms with Crippen molar-refractivity contribution < 1.29 is 0 Å². The van der Waals surface area contributed by atoms with E-state index in [1.165, 1.54) is 5.56 Å². The second-order valence-electron chi connectivity index (χ2n) is 15.4. The van der Waals surface area contributed by atoms with Crippen molar-refractivity contribution in [1.82, 2.24) is 101 Å². The summed E-state index contributed by atoms with van der Waals surface area (Å²) in [5.74, 6) is 2.74. The third kappa shape index (κ3) is 11.3. The minimum Gasteiger partial charge on any atom is -0.301 e. The molecule has 14 rings (SSSR count). The van der Waals surface area contributed by atoms with Gasteiger partial charge in [0.25, 0.3) is 0 Å². The monoisotopic (exact) mass is 931 g/mol. The number of aryl methyl sites for hydroxylation is 7. The van der Waals surface area contributed by atoms with Crippen molar-refractivity contribution in [3.8, 4) is 0 Å². The highest BCUT2D eigenvalue weighted by atomic mass is 15.2. The summed E-state index contributed by atoms with van der Waals surface area (Å²) in [6.45, 7) is 13.9. The summed E-state index contributed by atoms with van der Waals surface area (Å²) in [5, 5.41) is 12.2. The lowest BCUT2D eigenvalue weighted by Gasteiger charge is -1.91. The lowest BCUT2D eigenvalue weighted by Crippen LogP contribution is -1.87. The van der Waals surface area contributed by atoms with Crippen molar-refractivity contribution in [1.29, 1.82) is 0 Å². The van der Waals surface area contributed by atoms with E-state index >= 15 is 0 Å². The summed E-state index contributed by atoms with van der Waals surface area (Å²) in [4.78, 5) is 44.5. The molecule has 0 spiro atoms. The standard InChI is InChI=1S/7C7H7N3/c1-6-9-5-7-4-8-2-3-10(6)7;1-6-7-2-3-8-4-10(7)5-9-6;1-6-4-9-10-3-2-8-5-7(6)10;1-6-4-9-10-5-8-3-2-7(6)10;1-6-9-5-7-8-3-2-4-10(6)7;1-6-7-3-2-4-9-10(7)5-8-6;1-6-5-9-7-8-3-2-4-10(6)7/h7*2-5H,1H3. The molecule has 70 heavy (non-hydrogen) atoms. The molecule has 0 fully saturated rings. The summed E-state index contributed by atoms with van der Waals surface area (Å²) >= 11 is 0. The van der Waals surface area contributed by atoms with E-state index in [0.717, 1.165) is 73.3 Å². The Hall–Kier alpha value is -9.66. The molecule has 350 valence electrons. The maximum Gasteiger partial charge on any atom is 0.233 e. The second kappa shape index (κ2) is 22.2. The highest BCUT2D eigenvalue weighted by Crippen LogP contribution is 2.08. The molecule has 0 atom stereocenters. The van der Waals surface area contributed by atoms with Crippen LogP contribution in [-0.2, 0) is 0 Å². The summed E-state index contributed by atoms with van der Waals surface area (Å²) in [6, 6.07) is 11.6. The van der Waals surface area contributed by atoms with Gasteiger partial charge in [0.15, 0.2) is 5.65 Å². The quantitative estimate of drug-likeness (QED) is 0.147. The first-order valence-corrected chi connectivity index (χ1v) is 21.8. The van der Waals surface area contributed by atoms with E-state index in [1.807, 2.05) is 163 Å². The summed E-state index contributed by atoms with van der Waals surface area (Å²) in [5.41, 5.74) is 11.9. The van der Waals surface area contributed by atoms with Gasteiger partial charge in [-0.1, -0.05) is 0 Å². The first kappa shape index (κ1) is 46.9. The third-order valence-corrected chi connectivity index (χ3v) is 10.6. The lowest BCUT2D eigenvalue weighted by molar-refractivity contribution is 0.921. The maximum absolute atomic E-state index is 4.12. The van der Waals surface area contributed by atoms with Gasteiger partial charge in [0.05, 0.1) is 82.3 Å². The molecule has 14 aromatic heterocycles. The number of aromatic nitrogens is 21. The van der Waals surface area contributed by atoms with E-state index in [-0.39, 0.29) is 0 Å². The van der Waals surface area contributed by atoms with E-state index < -0.39 is 0 Å². The van der Waals surface area contributed by atoms with Crippen molar-refractivity contribution in [2.75, 3.05) is 0 Å². The van der Waals surface area contributed by atoms with Gasteiger partial charge in [0, 0.05) is 73.9 Å². The van der Waals surface area contributed by atoms with Gasteiger partial charge in [-0.2, -0.15) is 15.3 Å². The molecule has 14 heterocycles. The molecular weight excluding hydrogens is 883 g/mol. The topological polar surface area (TPSA) is 211 Å². The van der Waals surface area contributed by atoms with Crippen LogP contribution in [0.3, 0.4) is 0 Å². The summed E-state index contributed by atoms with van der Waals surface area (Å²) in [7, 11) is 0. The van der Waals surface area contributed by atoms with Gasteiger partial charge in [-0.05, 0) is 96.0 Å². The van der Waals surface area contributed by atoms with Crippen LogP contribution in [0.1, 0.15) is 39.9 Å². The average Bonchev–Trinajstić information content (AvgIpc) is 4.32. The number of hydrogen-bond acceptors (Lipinski definition) is 14. The van der Waals surface area contributed by atoms with Crippen molar-refractivity contribution in [3.63, 3.8) is 0 Å². The smallest absolute Gasteiger partial charge is 0.233 e. The van der Waals surface area contributed by atoms with Gasteiger partial charge >= 0.3 is 0 Å². The molecule has 0 amide bonds. The Morgan fingerprint density at radius 2 is 1.04 bits per heavy atom. The average molecular weight is 932 g/mol. The van der Waals surface area contributed by atoms with Gasteiger partial charge < -0.3 is 4.40 Å². The normalized spacial score (nSPS) is 10.5. The highest BCUT2D eigenvalue weighted by molar-refractivity contribution is 5.52. The lowest BCUT2D eigenvalue weighted by atomic mass is 10.3. The van der Waals surface area contributed by atoms with E-state index in [0.29, 0.717) is 0 Å².